The van der Waals surface area contributed by atoms with Gasteiger partial charge in [0.05, 0.1) is 6.54 Å². The molecule has 0 aromatic heterocycles. The average molecular weight is 203 g/mol. The molecule has 0 radical (unpaired) electrons. The molecule has 0 bridgehead atoms. The number of carbonyl (C=O) groups is 1. The number of allylic oxidation sites excluding steroid dienone is 3. The quantitative estimate of drug-likeness (QED) is 0.541. The maximum Gasteiger partial charge on any atom is 0.194 e. The van der Waals surface area contributed by atoms with Crippen LogP contribution in [0.1, 0.15) is 6.92 Å². The zero-order valence-electron chi connectivity index (χ0n) is 8.60. The van der Waals surface area contributed by atoms with E-state index < -0.39 is 0 Å². The number of nitrogens with zero attached hydrogens (tertiary/aromatic N) is 2. The van der Waals surface area contributed by atoms with E-state index in [0.717, 1.165) is 0 Å². The number of hydrogen-bond acceptors (Lipinski definition) is 4. The van der Waals surface area contributed by atoms with Crippen molar-refractivity contribution in [2.24, 2.45) is 5.73 Å². The molecule has 0 aromatic rings. The van der Waals surface area contributed by atoms with Crippen molar-refractivity contribution in [1.82, 2.24) is 4.90 Å². The topological polar surface area (TPSA) is 70.1 Å². The molecule has 0 amide bonds. The predicted molar refractivity (Wildman–Crippen MR) is 57.4 cm³/mol. The van der Waals surface area contributed by atoms with Crippen molar-refractivity contribution >= 4 is 5.78 Å². The van der Waals surface area contributed by atoms with Crippen LogP contribution >= 0.6 is 0 Å². The fourth-order valence-electron chi connectivity index (χ4n) is 1.26. The average Bonchev–Trinajstić information content (AvgIpc) is 2.19. The van der Waals surface area contributed by atoms with Crippen molar-refractivity contribution in [3.05, 3.63) is 35.7 Å². The summed E-state index contributed by atoms with van der Waals surface area (Å²) in [5.41, 5.74) is 5.77. The molecule has 0 saturated carbocycles. The third-order valence-electron chi connectivity index (χ3n) is 2.02. The van der Waals surface area contributed by atoms with Crippen LogP contribution in [0.5, 0.6) is 0 Å². The van der Waals surface area contributed by atoms with Crippen LogP contribution in [0.25, 0.3) is 0 Å². The fourth-order valence-corrected chi connectivity index (χ4v) is 1.26. The van der Waals surface area contributed by atoms with Gasteiger partial charge >= 0.3 is 0 Å². The second-order valence-corrected chi connectivity index (χ2v) is 3.29. The number of carbonyl (C=O) groups excluding carboxylic acids is 1. The smallest absolute Gasteiger partial charge is 0.194 e. The van der Waals surface area contributed by atoms with Crippen LogP contribution in [0.3, 0.4) is 0 Å². The highest BCUT2D eigenvalue weighted by Gasteiger charge is 2.14. The first-order valence-electron chi connectivity index (χ1n) is 4.62. The third kappa shape index (κ3) is 2.99. The molecule has 15 heavy (non-hydrogen) atoms. The highest BCUT2D eigenvalue weighted by Crippen LogP contribution is 2.04. The van der Waals surface area contributed by atoms with Crippen molar-refractivity contribution in [3.63, 3.8) is 0 Å². The molecular formula is C11H13N3O. The Morgan fingerprint density at radius 1 is 1.60 bits per heavy atom. The molecule has 0 aromatic carbocycles. The number of nitriles is 1. The van der Waals surface area contributed by atoms with Crippen molar-refractivity contribution in [3.8, 4) is 6.07 Å². The van der Waals surface area contributed by atoms with Crippen molar-refractivity contribution in [2.45, 2.75) is 6.92 Å². The SMILES string of the molecule is C/C(N)=C(\C#N)C(=O)CN1C=CC=CC1. The molecule has 1 rings (SSSR count). The molecule has 0 fully saturated rings. The highest BCUT2D eigenvalue weighted by atomic mass is 16.1. The molecule has 1 heterocycles. The van der Waals surface area contributed by atoms with Gasteiger partial charge in [0.25, 0.3) is 0 Å². The Hall–Kier alpha value is -2.02. The molecule has 1 aliphatic rings. The van der Waals surface area contributed by atoms with Crippen LogP contribution in [0, 0.1) is 11.3 Å². The van der Waals surface area contributed by atoms with E-state index in [2.05, 4.69) is 0 Å². The number of rotatable bonds is 3. The Bertz CT molecular complexity index is 381. The van der Waals surface area contributed by atoms with Gasteiger partial charge in [0, 0.05) is 12.2 Å². The Morgan fingerprint density at radius 2 is 2.33 bits per heavy atom. The Balaban J connectivity index is 2.64. The van der Waals surface area contributed by atoms with E-state index >= 15 is 0 Å². The summed E-state index contributed by atoms with van der Waals surface area (Å²) in [5.74, 6) is -0.238. The lowest BCUT2D eigenvalue weighted by atomic mass is 10.1. The number of ketones is 1. The first-order chi connectivity index (χ1) is 7.15. The van der Waals surface area contributed by atoms with E-state index in [4.69, 9.17) is 11.0 Å². The third-order valence-corrected chi connectivity index (χ3v) is 2.02. The van der Waals surface area contributed by atoms with Gasteiger partial charge < -0.3 is 10.6 Å². The number of hydrogen-bond donors (Lipinski definition) is 1. The van der Waals surface area contributed by atoms with E-state index in [-0.39, 0.29) is 23.6 Å². The molecule has 78 valence electrons. The lowest BCUT2D eigenvalue weighted by molar-refractivity contribution is -0.115. The Labute approximate surface area is 89.0 Å². The maximum atomic E-state index is 11.6. The van der Waals surface area contributed by atoms with Crippen LogP contribution in [0.15, 0.2) is 35.7 Å². The van der Waals surface area contributed by atoms with Crippen LogP contribution < -0.4 is 5.73 Å². The maximum absolute atomic E-state index is 11.6. The standard InChI is InChI=1S/C11H13N3O/c1-9(13)10(7-12)11(15)8-14-5-3-2-4-6-14/h2-5H,6,8,13H2,1H3/b10-9-. The minimum Gasteiger partial charge on any atom is -0.401 e. The van der Waals surface area contributed by atoms with Crippen LogP contribution in [-0.4, -0.2) is 23.8 Å². The number of Topliss-reactive ketones (excluding diaryl/α,β-unsaturated/α-hetero) is 1. The van der Waals surface area contributed by atoms with Crippen molar-refractivity contribution in [1.29, 1.82) is 5.26 Å². The highest BCUT2D eigenvalue weighted by molar-refractivity contribution is 6.01. The zero-order valence-corrected chi connectivity index (χ0v) is 8.60. The molecular weight excluding hydrogens is 190 g/mol. The van der Waals surface area contributed by atoms with Gasteiger partial charge in [-0.05, 0) is 19.2 Å². The summed E-state index contributed by atoms with van der Waals surface area (Å²) in [6.07, 6.45) is 7.52. The van der Waals surface area contributed by atoms with Gasteiger partial charge in [0.15, 0.2) is 5.78 Å². The lowest BCUT2D eigenvalue weighted by Gasteiger charge is -2.19. The summed E-state index contributed by atoms with van der Waals surface area (Å²) < 4.78 is 0. The molecule has 0 saturated heterocycles. The summed E-state index contributed by atoms with van der Waals surface area (Å²) in [6.45, 7) is 2.44. The van der Waals surface area contributed by atoms with E-state index in [9.17, 15) is 4.79 Å². The minimum atomic E-state index is -0.238. The molecule has 0 atom stereocenters. The first kappa shape index (κ1) is 11.1. The van der Waals surface area contributed by atoms with Gasteiger partial charge in [-0.3, -0.25) is 4.79 Å². The molecule has 4 nitrogen and oxygen atoms in total. The molecule has 0 unspecified atom stereocenters. The Morgan fingerprint density at radius 3 is 2.80 bits per heavy atom. The monoisotopic (exact) mass is 203 g/mol. The second kappa shape index (κ2) is 5.01. The van der Waals surface area contributed by atoms with Gasteiger partial charge in [-0.25, -0.2) is 0 Å². The van der Waals surface area contributed by atoms with Crippen LogP contribution in [0.2, 0.25) is 0 Å². The normalized spacial score (nSPS) is 15.9. The fraction of sp³-hybridized carbons (Fsp3) is 0.273. The van der Waals surface area contributed by atoms with Crippen LogP contribution in [-0.2, 0) is 4.79 Å². The molecule has 2 N–H and O–H groups in total. The molecule has 0 aliphatic carbocycles. The zero-order chi connectivity index (χ0) is 11.3. The number of nitrogens with two attached hydrogens (primary N) is 1. The van der Waals surface area contributed by atoms with Gasteiger partial charge in [0.2, 0.25) is 0 Å². The summed E-state index contributed by atoms with van der Waals surface area (Å²) in [5, 5.41) is 8.74. The van der Waals surface area contributed by atoms with Crippen LogP contribution in [0.4, 0.5) is 0 Å². The minimum absolute atomic E-state index is 0.0537. The van der Waals surface area contributed by atoms with Gasteiger partial charge in [-0.1, -0.05) is 12.2 Å². The van der Waals surface area contributed by atoms with E-state index in [1.807, 2.05) is 35.4 Å². The van der Waals surface area contributed by atoms with Gasteiger partial charge in [-0.2, -0.15) is 5.26 Å². The summed E-state index contributed by atoms with van der Waals surface area (Å²) in [6, 6.07) is 1.83. The van der Waals surface area contributed by atoms with Gasteiger partial charge in [0.1, 0.15) is 11.6 Å². The largest absolute Gasteiger partial charge is 0.401 e. The molecule has 0 spiro atoms. The summed E-state index contributed by atoms with van der Waals surface area (Å²) >= 11 is 0. The summed E-state index contributed by atoms with van der Waals surface area (Å²) in [7, 11) is 0. The lowest BCUT2D eigenvalue weighted by Crippen LogP contribution is -2.27. The molecule has 4 heteroatoms. The van der Waals surface area contributed by atoms with Crippen molar-refractivity contribution in [2.75, 3.05) is 13.1 Å². The van der Waals surface area contributed by atoms with E-state index in [0.29, 0.717) is 6.54 Å². The Kier molecular flexibility index (Phi) is 3.69. The van der Waals surface area contributed by atoms with Crippen molar-refractivity contribution < 1.29 is 4.79 Å². The molecule has 1 aliphatic heterocycles. The predicted octanol–water partition coefficient (Wildman–Crippen LogP) is 0.697. The first-order valence-corrected chi connectivity index (χ1v) is 4.62. The van der Waals surface area contributed by atoms with E-state index in [1.165, 1.54) is 0 Å². The second-order valence-electron chi connectivity index (χ2n) is 3.29. The van der Waals surface area contributed by atoms with E-state index in [1.54, 1.807) is 6.92 Å². The summed E-state index contributed by atoms with van der Waals surface area (Å²) in [4.78, 5) is 13.4. The van der Waals surface area contributed by atoms with Gasteiger partial charge in [-0.15, -0.1) is 0 Å².